The standard InChI is InChI=1S/C30H26F2N2O8S2/c1-41-27-15-19(3-13-25(27)33-29(35)17-43(37,38)23-9-5-21(31)6-10-23)20-4-14-26(28(16-20)42-2)34-30(36)18-44(39,40)24-11-7-22(32)8-12-24/h3-16H,17-18H2,1-2H3,(H,33,35)(H,34,36). The number of sulfone groups is 2. The molecular formula is C30H26F2N2O8S2. The summed E-state index contributed by atoms with van der Waals surface area (Å²) in [7, 11) is -5.32. The van der Waals surface area contributed by atoms with Crippen LogP contribution in [0.15, 0.2) is 94.7 Å². The number of rotatable bonds is 11. The van der Waals surface area contributed by atoms with Crippen LogP contribution in [0.2, 0.25) is 0 Å². The Morgan fingerprint density at radius 2 is 0.932 bits per heavy atom. The second kappa shape index (κ2) is 13.2. The van der Waals surface area contributed by atoms with Gasteiger partial charge in [0.1, 0.15) is 34.6 Å². The third-order valence-corrected chi connectivity index (χ3v) is 9.54. The van der Waals surface area contributed by atoms with Gasteiger partial charge in [-0.05, 0) is 83.9 Å². The molecule has 0 saturated heterocycles. The molecule has 0 heterocycles. The van der Waals surface area contributed by atoms with E-state index in [1.165, 1.54) is 26.4 Å². The smallest absolute Gasteiger partial charge is 0.240 e. The quantitative estimate of drug-likeness (QED) is 0.228. The Morgan fingerprint density at radius 3 is 1.25 bits per heavy atom. The molecule has 44 heavy (non-hydrogen) atoms. The predicted octanol–water partition coefficient (Wildman–Crippen LogP) is 4.47. The van der Waals surface area contributed by atoms with Crippen LogP contribution in [0.1, 0.15) is 0 Å². The highest BCUT2D eigenvalue weighted by atomic mass is 32.2. The largest absolute Gasteiger partial charge is 0.495 e. The minimum Gasteiger partial charge on any atom is -0.495 e. The molecule has 4 aromatic carbocycles. The molecule has 0 bridgehead atoms. The molecule has 0 radical (unpaired) electrons. The number of carbonyl (C=O) groups excluding carboxylic acids is 2. The average molecular weight is 645 g/mol. The molecule has 0 aliphatic heterocycles. The zero-order valence-electron chi connectivity index (χ0n) is 23.3. The van der Waals surface area contributed by atoms with Gasteiger partial charge >= 0.3 is 0 Å². The summed E-state index contributed by atoms with van der Waals surface area (Å²) < 4.78 is 87.2. The number of hydrogen-bond acceptors (Lipinski definition) is 8. The van der Waals surface area contributed by atoms with Crippen LogP contribution >= 0.6 is 0 Å². The molecule has 4 aromatic rings. The van der Waals surface area contributed by atoms with Crippen LogP contribution < -0.4 is 20.1 Å². The van der Waals surface area contributed by atoms with Gasteiger partial charge in [-0.25, -0.2) is 25.6 Å². The molecule has 2 amide bonds. The van der Waals surface area contributed by atoms with Crippen molar-refractivity contribution in [1.82, 2.24) is 0 Å². The number of amides is 2. The lowest BCUT2D eigenvalue weighted by Gasteiger charge is -2.15. The van der Waals surface area contributed by atoms with Gasteiger partial charge in [-0.2, -0.15) is 0 Å². The van der Waals surface area contributed by atoms with Crippen molar-refractivity contribution in [3.05, 3.63) is 96.6 Å². The highest BCUT2D eigenvalue weighted by Gasteiger charge is 2.22. The van der Waals surface area contributed by atoms with Gasteiger partial charge in [0.2, 0.25) is 11.8 Å². The third kappa shape index (κ3) is 7.76. The summed E-state index contributed by atoms with van der Waals surface area (Å²) in [4.78, 5) is 24.7. The summed E-state index contributed by atoms with van der Waals surface area (Å²) in [5.74, 6) is -4.19. The van der Waals surface area contributed by atoms with E-state index < -0.39 is 54.6 Å². The van der Waals surface area contributed by atoms with Crippen molar-refractivity contribution in [2.75, 3.05) is 36.4 Å². The monoisotopic (exact) mass is 644 g/mol. The molecule has 0 saturated carbocycles. The number of hydrogen-bond donors (Lipinski definition) is 2. The number of halogens is 2. The Bertz CT molecular complexity index is 1770. The molecule has 230 valence electrons. The van der Waals surface area contributed by atoms with Crippen LogP contribution in [0.25, 0.3) is 11.1 Å². The SMILES string of the molecule is COc1cc(-c2ccc(NC(=O)CS(=O)(=O)c3ccc(F)cc3)c(OC)c2)ccc1NC(=O)CS(=O)(=O)c1ccc(F)cc1. The molecule has 0 aliphatic carbocycles. The molecule has 0 aliphatic rings. The number of nitrogens with one attached hydrogen (secondary N) is 2. The summed E-state index contributed by atoms with van der Waals surface area (Å²) in [6.07, 6.45) is 0. The first-order valence-electron chi connectivity index (χ1n) is 12.7. The molecule has 2 N–H and O–H groups in total. The fraction of sp³-hybridized carbons (Fsp3) is 0.133. The first-order valence-corrected chi connectivity index (χ1v) is 16.0. The zero-order valence-corrected chi connectivity index (χ0v) is 25.0. The summed E-state index contributed by atoms with van der Waals surface area (Å²) in [6, 6.07) is 17.7. The summed E-state index contributed by atoms with van der Waals surface area (Å²) in [5, 5.41) is 5.01. The maximum Gasteiger partial charge on any atom is 0.240 e. The van der Waals surface area contributed by atoms with E-state index in [0.717, 1.165) is 48.5 Å². The molecule has 0 atom stereocenters. The van der Waals surface area contributed by atoms with Gasteiger partial charge in [0.15, 0.2) is 19.7 Å². The van der Waals surface area contributed by atoms with E-state index in [1.807, 2.05) is 0 Å². The van der Waals surface area contributed by atoms with Crippen molar-refractivity contribution in [2.45, 2.75) is 9.79 Å². The van der Waals surface area contributed by atoms with Crippen LogP contribution in [-0.4, -0.2) is 54.4 Å². The van der Waals surface area contributed by atoms with Gasteiger partial charge in [-0.3, -0.25) is 9.59 Å². The van der Waals surface area contributed by atoms with E-state index >= 15 is 0 Å². The third-order valence-electron chi connectivity index (χ3n) is 6.27. The zero-order chi connectivity index (χ0) is 32.1. The van der Waals surface area contributed by atoms with Crippen LogP contribution in [0, 0.1) is 11.6 Å². The van der Waals surface area contributed by atoms with E-state index in [4.69, 9.17) is 9.47 Å². The van der Waals surface area contributed by atoms with E-state index in [2.05, 4.69) is 10.6 Å². The summed E-state index contributed by atoms with van der Waals surface area (Å²) in [5.41, 5.74) is 1.62. The fourth-order valence-electron chi connectivity index (χ4n) is 4.12. The lowest BCUT2D eigenvalue weighted by molar-refractivity contribution is -0.114. The van der Waals surface area contributed by atoms with E-state index in [-0.39, 0.29) is 32.7 Å². The van der Waals surface area contributed by atoms with Crippen molar-refractivity contribution in [1.29, 1.82) is 0 Å². The second-order valence-corrected chi connectivity index (χ2v) is 13.3. The number of methoxy groups -OCH3 is 2. The van der Waals surface area contributed by atoms with Gasteiger partial charge in [0.05, 0.1) is 35.4 Å². The van der Waals surface area contributed by atoms with E-state index in [9.17, 15) is 35.2 Å². The number of carbonyl (C=O) groups is 2. The van der Waals surface area contributed by atoms with Crippen molar-refractivity contribution < 1.29 is 44.7 Å². The predicted molar refractivity (Wildman–Crippen MR) is 159 cm³/mol. The van der Waals surface area contributed by atoms with Crippen LogP contribution in [0.3, 0.4) is 0 Å². The Hall–Kier alpha value is -4.82. The molecule has 0 aromatic heterocycles. The molecule has 0 unspecified atom stereocenters. The normalized spacial score (nSPS) is 11.5. The van der Waals surface area contributed by atoms with Crippen LogP contribution in [-0.2, 0) is 29.3 Å². The first kappa shape index (κ1) is 32.1. The summed E-state index contributed by atoms with van der Waals surface area (Å²) in [6.45, 7) is 0. The maximum absolute atomic E-state index is 13.2. The van der Waals surface area contributed by atoms with Crippen LogP contribution in [0.5, 0.6) is 11.5 Å². The van der Waals surface area contributed by atoms with Gasteiger partial charge in [-0.1, -0.05) is 12.1 Å². The van der Waals surface area contributed by atoms with E-state index in [0.29, 0.717) is 11.1 Å². The van der Waals surface area contributed by atoms with Crippen molar-refractivity contribution in [2.24, 2.45) is 0 Å². The Labute approximate surface area is 252 Å². The Kier molecular flexibility index (Phi) is 9.65. The van der Waals surface area contributed by atoms with E-state index in [1.54, 1.807) is 24.3 Å². The lowest BCUT2D eigenvalue weighted by atomic mass is 10.0. The fourth-order valence-corrected chi connectivity index (χ4v) is 6.39. The second-order valence-electron chi connectivity index (χ2n) is 9.35. The van der Waals surface area contributed by atoms with Crippen molar-refractivity contribution in [3.8, 4) is 22.6 Å². The number of anilines is 2. The number of benzene rings is 4. The first-order chi connectivity index (χ1) is 20.8. The Balaban J connectivity index is 1.47. The minimum atomic E-state index is -4.02. The molecule has 10 nitrogen and oxygen atoms in total. The highest BCUT2D eigenvalue weighted by Crippen LogP contribution is 2.35. The molecule has 0 spiro atoms. The molecule has 4 rings (SSSR count). The minimum absolute atomic E-state index is 0.195. The topological polar surface area (TPSA) is 145 Å². The summed E-state index contributed by atoms with van der Waals surface area (Å²) >= 11 is 0. The van der Waals surface area contributed by atoms with Gasteiger partial charge in [0, 0.05) is 0 Å². The number of ether oxygens (including phenoxy) is 2. The van der Waals surface area contributed by atoms with Crippen molar-refractivity contribution in [3.63, 3.8) is 0 Å². The molecular weight excluding hydrogens is 618 g/mol. The lowest BCUT2D eigenvalue weighted by Crippen LogP contribution is -2.23. The molecule has 14 heteroatoms. The van der Waals surface area contributed by atoms with Gasteiger partial charge in [0.25, 0.3) is 0 Å². The molecule has 0 fully saturated rings. The highest BCUT2D eigenvalue weighted by molar-refractivity contribution is 7.92. The van der Waals surface area contributed by atoms with Crippen LogP contribution in [0.4, 0.5) is 20.2 Å². The average Bonchev–Trinajstić information content (AvgIpc) is 2.97. The Morgan fingerprint density at radius 1 is 0.591 bits per heavy atom. The van der Waals surface area contributed by atoms with Gasteiger partial charge in [-0.15, -0.1) is 0 Å². The van der Waals surface area contributed by atoms with Gasteiger partial charge < -0.3 is 20.1 Å². The maximum atomic E-state index is 13.2. The van der Waals surface area contributed by atoms with Crippen molar-refractivity contribution >= 4 is 42.9 Å².